The van der Waals surface area contributed by atoms with Crippen molar-refractivity contribution in [3.8, 4) is 0 Å². The molecule has 1 fully saturated rings. The van der Waals surface area contributed by atoms with Gasteiger partial charge in [-0.1, -0.05) is 36.6 Å². The highest BCUT2D eigenvalue weighted by Crippen LogP contribution is 2.24. The van der Waals surface area contributed by atoms with E-state index in [-0.39, 0.29) is 9.92 Å². The largest absolute Gasteiger partial charge is 0.391 e. The summed E-state index contributed by atoms with van der Waals surface area (Å²) < 4.78 is 26.9. The van der Waals surface area contributed by atoms with E-state index >= 15 is 0 Å². The van der Waals surface area contributed by atoms with Gasteiger partial charge in [-0.25, -0.2) is 13.1 Å². The predicted molar refractivity (Wildman–Crippen MR) is 70.0 cm³/mol. The van der Waals surface area contributed by atoms with Crippen LogP contribution in [0.15, 0.2) is 29.2 Å². The van der Waals surface area contributed by atoms with Gasteiger partial charge in [-0.15, -0.1) is 0 Å². The van der Waals surface area contributed by atoms with Crippen molar-refractivity contribution in [1.82, 2.24) is 4.72 Å². The molecule has 1 saturated carbocycles. The van der Waals surface area contributed by atoms with Crippen LogP contribution in [0.25, 0.3) is 0 Å². The topological polar surface area (TPSA) is 66.4 Å². The molecule has 2 unspecified atom stereocenters. The molecular formula is C12H16ClNO3S. The second-order valence-corrected chi connectivity index (χ2v) is 6.60. The zero-order valence-electron chi connectivity index (χ0n) is 9.84. The third-order valence-corrected chi connectivity index (χ3v) is 5.15. The van der Waals surface area contributed by atoms with Gasteiger partial charge in [0.2, 0.25) is 10.0 Å². The Morgan fingerprint density at radius 2 is 1.89 bits per heavy atom. The first-order valence-electron chi connectivity index (χ1n) is 5.95. The minimum Gasteiger partial charge on any atom is -0.391 e. The fraction of sp³-hybridized carbons (Fsp3) is 0.500. The molecule has 100 valence electrons. The molecule has 18 heavy (non-hydrogen) atoms. The molecule has 0 amide bonds. The Bertz CT molecular complexity index is 518. The van der Waals surface area contributed by atoms with Crippen molar-refractivity contribution in [2.24, 2.45) is 0 Å². The summed E-state index contributed by atoms with van der Waals surface area (Å²) in [4.78, 5) is 0.0597. The third-order valence-electron chi connectivity index (χ3n) is 3.16. The molecule has 0 radical (unpaired) electrons. The van der Waals surface area contributed by atoms with Crippen LogP contribution in [0.1, 0.15) is 25.7 Å². The molecule has 0 spiro atoms. The molecule has 0 heterocycles. The monoisotopic (exact) mass is 289 g/mol. The van der Waals surface area contributed by atoms with Crippen molar-refractivity contribution in [2.45, 2.75) is 42.7 Å². The number of sulfonamides is 1. The maximum absolute atomic E-state index is 12.2. The minimum atomic E-state index is -3.67. The van der Waals surface area contributed by atoms with Gasteiger partial charge in [-0.3, -0.25) is 0 Å². The van der Waals surface area contributed by atoms with Crippen molar-refractivity contribution >= 4 is 21.6 Å². The minimum absolute atomic E-state index is 0.0597. The summed E-state index contributed by atoms with van der Waals surface area (Å²) in [5.74, 6) is 0. The van der Waals surface area contributed by atoms with Crippen LogP contribution in [-0.2, 0) is 10.0 Å². The number of hydrogen-bond acceptors (Lipinski definition) is 3. The fourth-order valence-electron chi connectivity index (χ4n) is 2.17. The Morgan fingerprint density at radius 3 is 2.56 bits per heavy atom. The molecule has 6 heteroatoms. The highest BCUT2D eigenvalue weighted by atomic mass is 35.5. The standard InChI is InChI=1S/C12H16ClNO3S/c13-9-5-1-4-8-12(9)18(16,17)14-10-6-2-3-7-11(10)15/h1,4-5,8,10-11,14-15H,2-3,6-7H2. The van der Waals surface area contributed by atoms with Crippen molar-refractivity contribution < 1.29 is 13.5 Å². The average Bonchev–Trinajstić information content (AvgIpc) is 2.32. The summed E-state index contributed by atoms with van der Waals surface area (Å²) in [5.41, 5.74) is 0. The van der Waals surface area contributed by atoms with Gasteiger partial charge in [0, 0.05) is 6.04 Å². The van der Waals surface area contributed by atoms with Crippen LogP contribution in [-0.4, -0.2) is 25.7 Å². The molecule has 2 atom stereocenters. The van der Waals surface area contributed by atoms with E-state index in [1.807, 2.05) is 0 Å². The summed E-state index contributed by atoms with van der Waals surface area (Å²) in [6.07, 6.45) is 2.54. The lowest BCUT2D eigenvalue weighted by molar-refractivity contribution is 0.101. The smallest absolute Gasteiger partial charge is 0.242 e. The first kappa shape index (κ1) is 13.8. The van der Waals surface area contributed by atoms with Crippen LogP contribution in [0.4, 0.5) is 0 Å². The lowest BCUT2D eigenvalue weighted by atomic mass is 9.93. The van der Waals surface area contributed by atoms with Crippen LogP contribution in [0.3, 0.4) is 0 Å². The number of rotatable bonds is 3. The highest BCUT2D eigenvalue weighted by molar-refractivity contribution is 7.89. The first-order valence-corrected chi connectivity index (χ1v) is 7.82. The Labute approximate surface area is 112 Å². The van der Waals surface area contributed by atoms with E-state index in [0.29, 0.717) is 12.8 Å². The van der Waals surface area contributed by atoms with Crippen LogP contribution >= 0.6 is 11.6 Å². The number of hydrogen-bond donors (Lipinski definition) is 2. The number of nitrogens with one attached hydrogen (secondary N) is 1. The van der Waals surface area contributed by atoms with E-state index < -0.39 is 22.2 Å². The number of aliphatic hydroxyl groups is 1. The normalized spacial score (nSPS) is 25.0. The quantitative estimate of drug-likeness (QED) is 0.893. The maximum Gasteiger partial charge on any atom is 0.242 e. The van der Waals surface area contributed by atoms with Crippen LogP contribution in [0, 0.1) is 0 Å². The zero-order chi connectivity index (χ0) is 13.2. The van der Waals surface area contributed by atoms with Crippen molar-refractivity contribution in [3.63, 3.8) is 0 Å². The Kier molecular flexibility index (Phi) is 4.27. The van der Waals surface area contributed by atoms with Crippen molar-refractivity contribution in [3.05, 3.63) is 29.3 Å². The Balaban J connectivity index is 2.19. The maximum atomic E-state index is 12.2. The van der Waals surface area contributed by atoms with Gasteiger partial charge >= 0.3 is 0 Å². The summed E-state index contributed by atoms with van der Waals surface area (Å²) in [5, 5.41) is 9.98. The van der Waals surface area contributed by atoms with Gasteiger partial charge in [0.25, 0.3) is 0 Å². The SMILES string of the molecule is O=S(=O)(NC1CCCCC1O)c1ccccc1Cl. The molecule has 0 bridgehead atoms. The molecule has 1 aliphatic carbocycles. The predicted octanol–water partition coefficient (Wildman–Crippen LogP) is 1.92. The van der Waals surface area contributed by atoms with Crippen molar-refractivity contribution in [2.75, 3.05) is 0 Å². The Hall–Kier alpha value is -0.620. The molecule has 0 aliphatic heterocycles. The molecule has 1 aromatic rings. The summed E-state index contributed by atoms with van der Waals surface area (Å²) in [7, 11) is -3.67. The van der Waals surface area contributed by atoms with Crippen LogP contribution in [0.2, 0.25) is 5.02 Å². The van der Waals surface area contributed by atoms with Gasteiger partial charge in [-0.2, -0.15) is 0 Å². The lowest BCUT2D eigenvalue weighted by Gasteiger charge is -2.28. The number of aliphatic hydroxyl groups excluding tert-OH is 1. The number of benzene rings is 1. The molecule has 1 aliphatic rings. The van der Waals surface area contributed by atoms with E-state index in [1.54, 1.807) is 12.1 Å². The van der Waals surface area contributed by atoms with Crippen LogP contribution in [0.5, 0.6) is 0 Å². The molecule has 0 aromatic heterocycles. The van der Waals surface area contributed by atoms with Crippen LogP contribution < -0.4 is 4.72 Å². The Morgan fingerprint density at radius 1 is 1.22 bits per heavy atom. The van der Waals surface area contributed by atoms with Gasteiger partial charge in [0.05, 0.1) is 11.1 Å². The van der Waals surface area contributed by atoms with Gasteiger partial charge < -0.3 is 5.11 Å². The second kappa shape index (κ2) is 5.57. The summed E-state index contributed by atoms with van der Waals surface area (Å²) in [6.45, 7) is 0. The van der Waals surface area contributed by atoms with E-state index in [1.165, 1.54) is 12.1 Å². The average molecular weight is 290 g/mol. The van der Waals surface area contributed by atoms with Gasteiger partial charge in [0.15, 0.2) is 0 Å². The van der Waals surface area contributed by atoms with Crippen molar-refractivity contribution in [1.29, 1.82) is 0 Å². The third kappa shape index (κ3) is 3.03. The fourth-order valence-corrected chi connectivity index (χ4v) is 4.00. The van der Waals surface area contributed by atoms with E-state index in [9.17, 15) is 13.5 Å². The first-order chi connectivity index (χ1) is 8.50. The second-order valence-electron chi connectivity index (χ2n) is 4.51. The van der Waals surface area contributed by atoms with E-state index in [4.69, 9.17) is 11.6 Å². The van der Waals surface area contributed by atoms with Gasteiger partial charge in [0.1, 0.15) is 4.90 Å². The summed E-state index contributed by atoms with van der Waals surface area (Å²) >= 11 is 5.88. The van der Waals surface area contributed by atoms with E-state index in [2.05, 4.69) is 4.72 Å². The molecule has 2 rings (SSSR count). The van der Waals surface area contributed by atoms with Gasteiger partial charge in [-0.05, 0) is 25.0 Å². The highest BCUT2D eigenvalue weighted by Gasteiger charge is 2.28. The summed E-state index contributed by atoms with van der Waals surface area (Å²) in [6, 6.07) is 5.88. The molecule has 4 nitrogen and oxygen atoms in total. The zero-order valence-corrected chi connectivity index (χ0v) is 11.4. The lowest BCUT2D eigenvalue weighted by Crippen LogP contribution is -2.45. The molecule has 0 saturated heterocycles. The molecule has 2 N–H and O–H groups in total. The molecular weight excluding hydrogens is 274 g/mol. The van der Waals surface area contributed by atoms with E-state index in [0.717, 1.165) is 12.8 Å². The molecule has 1 aromatic carbocycles. The number of halogens is 1.